The van der Waals surface area contributed by atoms with Crippen molar-refractivity contribution in [3.05, 3.63) is 18.6 Å². The summed E-state index contributed by atoms with van der Waals surface area (Å²) in [7, 11) is 1.86. The normalized spacial score (nSPS) is 15.5. The molecule has 0 bridgehead atoms. The van der Waals surface area contributed by atoms with Crippen LogP contribution in [0.5, 0.6) is 0 Å². The van der Waals surface area contributed by atoms with Crippen molar-refractivity contribution in [3.63, 3.8) is 0 Å². The third-order valence-electron chi connectivity index (χ3n) is 4.01. The SMILES string of the molecule is Cn1cc(-c2n[nH]c3cnc(N4CCN(CI)C(=O)C4)nc23)cn1. The van der Waals surface area contributed by atoms with Gasteiger partial charge in [-0.1, -0.05) is 22.6 Å². The number of H-pyrrole nitrogens is 1. The van der Waals surface area contributed by atoms with Crippen molar-refractivity contribution < 1.29 is 4.79 Å². The number of nitrogens with one attached hydrogen (secondary N) is 1. The van der Waals surface area contributed by atoms with Gasteiger partial charge in [-0.05, 0) is 0 Å². The van der Waals surface area contributed by atoms with Gasteiger partial charge >= 0.3 is 0 Å². The first-order chi connectivity index (χ1) is 11.7. The minimum Gasteiger partial charge on any atom is -0.330 e. The summed E-state index contributed by atoms with van der Waals surface area (Å²) in [6, 6.07) is 0. The number of carbonyl (C=O) groups excluding carboxylic acids is 1. The number of aromatic nitrogens is 6. The summed E-state index contributed by atoms with van der Waals surface area (Å²) in [4.78, 5) is 24.9. The van der Waals surface area contributed by atoms with Crippen LogP contribution in [-0.2, 0) is 11.8 Å². The summed E-state index contributed by atoms with van der Waals surface area (Å²) in [5.74, 6) is 0.648. The number of aryl methyl sites for hydroxylation is 1. The summed E-state index contributed by atoms with van der Waals surface area (Å²) < 4.78 is 2.43. The fourth-order valence-electron chi connectivity index (χ4n) is 2.71. The van der Waals surface area contributed by atoms with E-state index in [4.69, 9.17) is 0 Å². The molecule has 24 heavy (non-hydrogen) atoms. The predicted molar refractivity (Wildman–Crippen MR) is 96.7 cm³/mol. The lowest BCUT2D eigenvalue weighted by Crippen LogP contribution is -2.50. The molecule has 1 aliphatic heterocycles. The Bertz CT molecular complexity index is 903. The second-order valence-corrected chi connectivity index (χ2v) is 6.29. The number of aromatic amines is 1. The molecule has 9 nitrogen and oxygen atoms in total. The highest BCUT2D eigenvalue weighted by Gasteiger charge is 2.25. The lowest BCUT2D eigenvalue weighted by atomic mass is 10.2. The minimum absolute atomic E-state index is 0.0963. The highest BCUT2D eigenvalue weighted by molar-refractivity contribution is 14.1. The molecule has 1 N–H and O–H groups in total. The van der Waals surface area contributed by atoms with E-state index in [0.717, 1.165) is 28.8 Å². The van der Waals surface area contributed by atoms with Gasteiger partial charge in [-0.15, -0.1) is 0 Å². The highest BCUT2D eigenvalue weighted by Crippen LogP contribution is 2.25. The van der Waals surface area contributed by atoms with E-state index in [9.17, 15) is 4.79 Å². The molecule has 0 aromatic carbocycles. The first-order valence-corrected chi connectivity index (χ1v) is 8.97. The summed E-state index contributed by atoms with van der Waals surface area (Å²) in [5, 5.41) is 11.5. The van der Waals surface area contributed by atoms with Crippen LogP contribution >= 0.6 is 22.6 Å². The Morgan fingerprint density at radius 2 is 2.21 bits per heavy atom. The van der Waals surface area contributed by atoms with Crippen LogP contribution in [0.3, 0.4) is 0 Å². The molecule has 1 fully saturated rings. The maximum atomic E-state index is 12.1. The Balaban J connectivity index is 1.69. The van der Waals surface area contributed by atoms with E-state index >= 15 is 0 Å². The van der Waals surface area contributed by atoms with Gasteiger partial charge in [0.05, 0.1) is 16.9 Å². The molecule has 0 atom stereocenters. The Labute approximate surface area is 151 Å². The van der Waals surface area contributed by atoms with E-state index in [1.165, 1.54) is 0 Å². The number of nitrogens with zero attached hydrogens (tertiary/aromatic N) is 7. The first-order valence-electron chi connectivity index (χ1n) is 7.44. The van der Waals surface area contributed by atoms with Gasteiger partial charge < -0.3 is 9.80 Å². The number of halogens is 1. The molecule has 0 aliphatic carbocycles. The van der Waals surface area contributed by atoms with Gasteiger partial charge in [-0.25, -0.2) is 9.97 Å². The summed E-state index contributed by atoms with van der Waals surface area (Å²) >= 11 is 2.20. The second-order valence-electron chi connectivity index (χ2n) is 5.61. The fourth-order valence-corrected chi connectivity index (χ4v) is 3.43. The molecule has 124 valence electrons. The monoisotopic (exact) mass is 438 g/mol. The number of alkyl halides is 1. The molecular formula is C14H15IN8O. The van der Waals surface area contributed by atoms with Crippen LogP contribution < -0.4 is 4.90 Å². The van der Waals surface area contributed by atoms with Crippen molar-refractivity contribution >= 4 is 45.5 Å². The number of hydrogen-bond acceptors (Lipinski definition) is 6. The van der Waals surface area contributed by atoms with Crippen molar-refractivity contribution in [2.24, 2.45) is 7.05 Å². The van der Waals surface area contributed by atoms with E-state index in [-0.39, 0.29) is 5.91 Å². The lowest BCUT2D eigenvalue weighted by molar-refractivity contribution is -0.129. The van der Waals surface area contributed by atoms with Gasteiger partial charge in [0, 0.05) is 31.9 Å². The van der Waals surface area contributed by atoms with Crippen LogP contribution in [-0.4, -0.2) is 64.9 Å². The minimum atomic E-state index is 0.0963. The van der Waals surface area contributed by atoms with E-state index in [1.54, 1.807) is 17.1 Å². The molecule has 4 heterocycles. The van der Waals surface area contributed by atoms with Gasteiger partial charge in [0.1, 0.15) is 23.3 Å². The molecule has 4 rings (SSSR count). The number of rotatable bonds is 3. The van der Waals surface area contributed by atoms with Gasteiger partial charge in [0.25, 0.3) is 0 Å². The van der Waals surface area contributed by atoms with E-state index in [2.05, 4.69) is 47.9 Å². The molecule has 0 radical (unpaired) electrons. The molecule has 1 amide bonds. The Kier molecular flexibility index (Phi) is 3.82. The molecule has 1 saturated heterocycles. The zero-order valence-electron chi connectivity index (χ0n) is 13.0. The third-order valence-corrected chi connectivity index (χ3v) is 4.84. The zero-order chi connectivity index (χ0) is 16.7. The summed E-state index contributed by atoms with van der Waals surface area (Å²) in [6.07, 6.45) is 5.35. The van der Waals surface area contributed by atoms with Crippen molar-refractivity contribution in [1.82, 2.24) is 34.8 Å². The van der Waals surface area contributed by atoms with Gasteiger partial charge in [-0.3, -0.25) is 14.6 Å². The van der Waals surface area contributed by atoms with Crippen molar-refractivity contribution in [3.8, 4) is 11.3 Å². The van der Waals surface area contributed by atoms with Gasteiger partial charge in [0.15, 0.2) is 0 Å². The molecular weight excluding hydrogens is 423 g/mol. The smallest absolute Gasteiger partial charge is 0.242 e. The quantitative estimate of drug-likeness (QED) is 0.369. The van der Waals surface area contributed by atoms with Crippen LogP contribution in [0.15, 0.2) is 18.6 Å². The summed E-state index contributed by atoms with van der Waals surface area (Å²) in [6.45, 7) is 1.71. The van der Waals surface area contributed by atoms with Crippen LogP contribution in [0.4, 0.5) is 5.95 Å². The van der Waals surface area contributed by atoms with Crippen LogP contribution in [0.25, 0.3) is 22.3 Å². The molecule has 1 aliphatic rings. The largest absolute Gasteiger partial charge is 0.330 e. The number of anilines is 1. The molecule has 10 heteroatoms. The second kappa shape index (κ2) is 6.00. The van der Waals surface area contributed by atoms with Crippen molar-refractivity contribution in [2.45, 2.75) is 0 Å². The number of fused-ring (bicyclic) bond motifs is 1. The summed E-state index contributed by atoms with van der Waals surface area (Å²) in [5.41, 5.74) is 3.12. The Morgan fingerprint density at radius 3 is 2.92 bits per heavy atom. The van der Waals surface area contributed by atoms with Gasteiger partial charge in [-0.2, -0.15) is 10.2 Å². The highest BCUT2D eigenvalue weighted by atomic mass is 127. The van der Waals surface area contributed by atoms with E-state index < -0.39 is 0 Å². The molecule has 0 saturated carbocycles. The molecule has 0 spiro atoms. The molecule has 3 aromatic rings. The average molecular weight is 438 g/mol. The Morgan fingerprint density at radius 1 is 1.33 bits per heavy atom. The number of hydrogen-bond donors (Lipinski definition) is 1. The maximum Gasteiger partial charge on any atom is 0.242 e. The third kappa shape index (κ3) is 2.60. The standard InChI is InChI=1S/C14H15IN8O/c1-21-6-9(4-17-21)12-13-10(19-20-12)5-16-14(18-13)22-2-3-23(8-15)11(24)7-22/h4-6H,2-3,7-8H2,1H3,(H,19,20). The van der Waals surface area contributed by atoms with E-state index in [0.29, 0.717) is 23.6 Å². The van der Waals surface area contributed by atoms with Crippen molar-refractivity contribution in [1.29, 1.82) is 0 Å². The first kappa shape index (κ1) is 15.3. The maximum absolute atomic E-state index is 12.1. The fraction of sp³-hybridized carbons (Fsp3) is 0.357. The lowest BCUT2D eigenvalue weighted by Gasteiger charge is -2.33. The topological polar surface area (TPSA) is 95.8 Å². The predicted octanol–water partition coefficient (Wildman–Crippen LogP) is 0.794. The zero-order valence-corrected chi connectivity index (χ0v) is 15.1. The Hall–Kier alpha value is -2.24. The molecule has 3 aromatic heterocycles. The van der Waals surface area contributed by atoms with Crippen molar-refractivity contribution in [2.75, 3.05) is 29.1 Å². The average Bonchev–Trinajstić information content (AvgIpc) is 3.20. The number of piperazine rings is 1. The van der Waals surface area contributed by atoms with Crippen LogP contribution in [0.1, 0.15) is 0 Å². The number of amides is 1. The van der Waals surface area contributed by atoms with Gasteiger partial charge in [0.2, 0.25) is 11.9 Å². The molecule has 0 unspecified atom stereocenters. The van der Waals surface area contributed by atoms with Crippen LogP contribution in [0.2, 0.25) is 0 Å². The van der Waals surface area contributed by atoms with Crippen LogP contribution in [0, 0.1) is 0 Å². The van der Waals surface area contributed by atoms with E-state index in [1.807, 2.05) is 23.0 Å². The number of carbonyl (C=O) groups is 1.